The standard InChI is InChI=1S/C25H20ClN5O4S/c26-17-9-12-23(29-14-17)30-18-10-11-20(24(27)32)21(13-18)31-25(33)16-7-5-15(6-8-16)19-3-1-2-4-22(19)36(28,34)35/h1-14H,(H2,27,32)(H,29,30)(H,31,33)(H2,28,34,35). The Kier molecular flexibility index (Phi) is 7.02. The largest absolute Gasteiger partial charge is 0.366 e. The Morgan fingerprint density at radius 3 is 2.28 bits per heavy atom. The molecule has 1 heterocycles. The number of hydrogen-bond donors (Lipinski definition) is 4. The van der Waals surface area contributed by atoms with E-state index in [4.69, 9.17) is 22.5 Å². The number of carbonyl (C=O) groups excluding carboxylic acids is 2. The Hall–Kier alpha value is -4.25. The van der Waals surface area contributed by atoms with Gasteiger partial charge in [0.05, 0.1) is 21.2 Å². The van der Waals surface area contributed by atoms with Crippen molar-refractivity contribution >= 4 is 50.6 Å². The molecule has 2 amide bonds. The number of nitrogens with two attached hydrogens (primary N) is 2. The topological polar surface area (TPSA) is 157 Å². The highest BCUT2D eigenvalue weighted by Crippen LogP contribution is 2.28. The van der Waals surface area contributed by atoms with Gasteiger partial charge in [-0.2, -0.15) is 0 Å². The van der Waals surface area contributed by atoms with Crippen LogP contribution in [0.15, 0.2) is 90.0 Å². The van der Waals surface area contributed by atoms with E-state index in [9.17, 15) is 18.0 Å². The normalized spacial score (nSPS) is 11.1. The lowest BCUT2D eigenvalue weighted by molar-refractivity contribution is 0.100. The van der Waals surface area contributed by atoms with Gasteiger partial charge in [0.2, 0.25) is 10.0 Å². The second kappa shape index (κ2) is 10.2. The van der Waals surface area contributed by atoms with Gasteiger partial charge in [0.1, 0.15) is 5.82 Å². The number of rotatable bonds is 7. The number of nitrogens with one attached hydrogen (secondary N) is 2. The minimum atomic E-state index is -3.93. The molecule has 0 saturated heterocycles. The molecule has 6 N–H and O–H groups in total. The molecule has 0 fully saturated rings. The number of pyridine rings is 1. The van der Waals surface area contributed by atoms with Crippen LogP contribution in [-0.2, 0) is 10.0 Å². The van der Waals surface area contributed by atoms with Crippen molar-refractivity contribution in [3.63, 3.8) is 0 Å². The SMILES string of the molecule is NC(=O)c1ccc(Nc2ccc(Cl)cn2)cc1NC(=O)c1ccc(-c2ccccc2S(N)(=O)=O)cc1. The summed E-state index contributed by atoms with van der Waals surface area (Å²) in [7, 11) is -3.93. The van der Waals surface area contributed by atoms with Crippen LogP contribution in [0.1, 0.15) is 20.7 Å². The first-order chi connectivity index (χ1) is 17.1. The van der Waals surface area contributed by atoms with Crippen molar-refractivity contribution in [3.8, 4) is 11.1 Å². The molecule has 182 valence electrons. The van der Waals surface area contributed by atoms with Gasteiger partial charge in [-0.05, 0) is 54.1 Å². The average molecular weight is 522 g/mol. The van der Waals surface area contributed by atoms with Crippen molar-refractivity contribution in [2.75, 3.05) is 10.6 Å². The Balaban J connectivity index is 1.59. The predicted octanol–water partition coefficient (Wildman–Crippen LogP) is 4.14. The van der Waals surface area contributed by atoms with Crippen molar-refractivity contribution in [1.82, 2.24) is 4.98 Å². The molecule has 0 spiro atoms. The summed E-state index contributed by atoms with van der Waals surface area (Å²) in [4.78, 5) is 29.0. The van der Waals surface area contributed by atoms with E-state index in [2.05, 4.69) is 15.6 Å². The fourth-order valence-electron chi connectivity index (χ4n) is 3.49. The Morgan fingerprint density at radius 2 is 1.64 bits per heavy atom. The molecule has 11 heteroatoms. The zero-order valence-corrected chi connectivity index (χ0v) is 20.2. The molecule has 0 aliphatic carbocycles. The number of sulfonamides is 1. The smallest absolute Gasteiger partial charge is 0.255 e. The molecule has 0 aliphatic rings. The Morgan fingerprint density at radius 1 is 0.917 bits per heavy atom. The van der Waals surface area contributed by atoms with Gasteiger partial charge in [-0.1, -0.05) is 41.9 Å². The van der Waals surface area contributed by atoms with E-state index in [1.165, 1.54) is 30.5 Å². The number of anilines is 3. The van der Waals surface area contributed by atoms with Crippen LogP contribution < -0.4 is 21.5 Å². The monoisotopic (exact) mass is 521 g/mol. The number of primary amides is 1. The summed E-state index contributed by atoms with van der Waals surface area (Å²) < 4.78 is 23.8. The molecular weight excluding hydrogens is 502 g/mol. The number of amides is 2. The molecule has 0 atom stereocenters. The third-order valence-electron chi connectivity index (χ3n) is 5.18. The van der Waals surface area contributed by atoms with Crippen molar-refractivity contribution in [1.29, 1.82) is 0 Å². The highest BCUT2D eigenvalue weighted by Gasteiger charge is 2.16. The van der Waals surface area contributed by atoms with E-state index in [0.717, 1.165) is 0 Å². The Labute approximate surface area is 212 Å². The van der Waals surface area contributed by atoms with Crippen molar-refractivity contribution in [3.05, 3.63) is 101 Å². The van der Waals surface area contributed by atoms with Gasteiger partial charge in [0.25, 0.3) is 11.8 Å². The first-order valence-corrected chi connectivity index (χ1v) is 12.4. The lowest BCUT2D eigenvalue weighted by atomic mass is 10.0. The lowest BCUT2D eigenvalue weighted by Gasteiger charge is -2.13. The third kappa shape index (κ3) is 5.69. The molecule has 0 aliphatic heterocycles. The first-order valence-electron chi connectivity index (χ1n) is 10.5. The second-order valence-corrected chi connectivity index (χ2v) is 9.65. The van der Waals surface area contributed by atoms with Gasteiger partial charge < -0.3 is 16.4 Å². The van der Waals surface area contributed by atoms with E-state index in [1.807, 2.05) is 0 Å². The molecule has 4 rings (SSSR count). The zero-order valence-electron chi connectivity index (χ0n) is 18.6. The summed E-state index contributed by atoms with van der Waals surface area (Å²) in [5.74, 6) is -0.694. The molecule has 0 radical (unpaired) electrons. The molecule has 3 aromatic carbocycles. The fourth-order valence-corrected chi connectivity index (χ4v) is 4.36. The zero-order chi connectivity index (χ0) is 25.9. The van der Waals surface area contributed by atoms with Crippen molar-refractivity contribution < 1.29 is 18.0 Å². The van der Waals surface area contributed by atoms with Gasteiger partial charge in [-0.3, -0.25) is 9.59 Å². The minimum Gasteiger partial charge on any atom is -0.366 e. The number of benzene rings is 3. The summed E-state index contributed by atoms with van der Waals surface area (Å²) >= 11 is 5.86. The maximum atomic E-state index is 12.9. The van der Waals surface area contributed by atoms with Crippen LogP contribution in [0.2, 0.25) is 5.02 Å². The maximum Gasteiger partial charge on any atom is 0.255 e. The molecule has 0 bridgehead atoms. The average Bonchev–Trinajstić information content (AvgIpc) is 2.85. The first kappa shape index (κ1) is 24.9. The number of carbonyl (C=O) groups is 2. The molecule has 0 saturated carbocycles. The van der Waals surface area contributed by atoms with Crippen LogP contribution in [-0.4, -0.2) is 25.2 Å². The van der Waals surface area contributed by atoms with Gasteiger partial charge in [0.15, 0.2) is 0 Å². The maximum absolute atomic E-state index is 12.9. The van der Waals surface area contributed by atoms with Crippen LogP contribution in [0.3, 0.4) is 0 Å². The number of hydrogen-bond acceptors (Lipinski definition) is 6. The van der Waals surface area contributed by atoms with Crippen molar-refractivity contribution in [2.45, 2.75) is 4.90 Å². The number of halogens is 1. The molecule has 1 aromatic heterocycles. The van der Waals surface area contributed by atoms with E-state index < -0.39 is 21.8 Å². The van der Waals surface area contributed by atoms with Crippen LogP contribution in [0, 0.1) is 0 Å². The minimum absolute atomic E-state index is 0.0206. The van der Waals surface area contributed by atoms with E-state index >= 15 is 0 Å². The molecule has 4 aromatic rings. The summed E-state index contributed by atoms with van der Waals surface area (Å²) in [6, 6.07) is 20.6. The number of primary sulfonamides is 1. The van der Waals surface area contributed by atoms with E-state index in [1.54, 1.807) is 54.6 Å². The summed E-state index contributed by atoms with van der Waals surface area (Å²) in [5.41, 5.74) is 7.62. The van der Waals surface area contributed by atoms with Gasteiger partial charge in [-0.25, -0.2) is 18.5 Å². The fraction of sp³-hybridized carbons (Fsp3) is 0. The quantitative estimate of drug-likeness (QED) is 0.286. The molecule has 0 unspecified atom stereocenters. The van der Waals surface area contributed by atoms with E-state index in [0.29, 0.717) is 27.7 Å². The van der Waals surface area contributed by atoms with Crippen LogP contribution in [0.5, 0.6) is 0 Å². The second-order valence-electron chi connectivity index (χ2n) is 7.68. The van der Waals surface area contributed by atoms with Crippen molar-refractivity contribution in [2.24, 2.45) is 10.9 Å². The van der Waals surface area contributed by atoms with Crippen LogP contribution in [0.4, 0.5) is 17.2 Å². The third-order valence-corrected chi connectivity index (χ3v) is 6.38. The molecule has 9 nitrogen and oxygen atoms in total. The summed E-state index contributed by atoms with van der Waals surface area (Å²) in [6.07, 6.45) is 1.48. The number of aromatic nitrogens is 1. The Bertz CT molecular complexity index is 1560. The highest BCUT2D eigenvalue weighted by atomic mass is 35.5. The van der Waals surface area contributed by atoms with E-state index in [-0.39, 0.29) is 21.7 Å². The summed E-state index contributed by atoms with van der Waals surface area (Å²) in [5, 5.41) is 11.6. The van der Waals surface area contributed by atoms with Gasteiger partial charge in [0, 0.05) is 23.0 Å². The molecule has 36 heavy (non-hydrogen) atoms. The van der Waals surface area contributed by atoms with Gasteiger partial charge in [-0.15, -0.1) is 0 Å². The van der Waals surface area contributed by atoms with Crippen LogP contribution in [0.25, 0.3) is 11.1 Å². The number of nitrogens with zero attached hydrogens (tertiary/aromatic N) is 1. The van der Waals surface area contributed by atoms with Gasteiger partial charge >= 0.3 is 0 Å². The predicted molar refractivity (Wildman–Crippen MR) is 139 cm³/mol. The lowest BCUT2D eigenvalue weighted by Crippen LogP contribution is -2.18. The highest BCUT2D eigenvalue weighted by molar-refractivity contribution is 7.89. The summed E-state index contributed by atoms with van der Waals surface area (Å²) in [6.45, 7) is 0. The molecular formula is C25H20ClN5O4S. The van der Waals surface area contributed by atoms with Crippen LogP contribution >= 0.6 is 11.6 Å².